The molecule has 1 saturated carbocycles. The standard InChI is InChI=1S/C23H13Cl5F2N2O2/c24-14-5-3-12(9-13(14)21(33)32-18-6-2-11(29)8-17(18)30)31-22(34)20-19(23(20,27)28)10-1-4-15(25)16(26)7-10/h1-9,19-20H,(H,31,34)(H,32,33)/t19-,20+/m0/s1. The van der Waals surface area contributed by atoms with Crippen molar-refractivity contribution in [1.82, 2.24) is 0 Å². The molecule has 0 bridgehead atoms. The third-order valence-electron chi connectivity index (χ3n) is 5.30. The van der Waals surface area contributed by atoms with Crippen molar-refractivity contribution in [2.45, 2.75) is 10.3 Å². The van der Waals surface area contributed by atoms with E-state index >= 15 is 0 Å². The molecule has 2 N–H and O–H groups in total. The first kappa shape index (κ1) is 25.0. The number of rotatable bonds is 5. The van der Waals surface area contributed by atoms with Gasteiger partial charge in [0.15, 0.2) is 0 Å². The van der Waals surface area contributed by atoms with E-state index in [0.29, 0.717) is 21.7 Å². The van der Waals surface area contributed by atoms with Gasteiger partial charge in [0, 0.05) is 17.7 Å². The smallest absolute Gasteiger partial charge is 0.257 e. The van der Waals surface area contributed by atoms with Crippen molar-refractivity contribution in [2.24, 2.45) is 5.92 Å². The summed E-state index contributed by atoms with van der Waals surface area (Å²) in [6.07, 6.45) is 0. The molecule has 1 aliphatic carbocycles. The fourth-order valence-electron chi connectivity index (χ4n) is 3.55. The summed E-state index contributed by atoms with van der Waals surface area (Å²) < 4.78 is 25.6. The van der Waals surface area contributed by atoms with Gasteiger partial charge < -0.3 is 10.6 Å². The van der Waals surface area contributed by atoms with Crippen LogP contribution in [0.1, 0.15) is 21.8 Å². The SMILES string of the molecule is O=C(Nc1ccc(F)cc1F)c1cc(NC(=O)[C@H]2[C@H](c3ccc(Cl)c(Cl)c3)C2(Cl)Cl)ccc1Cl. The van der Waals surface area contributed by atoms with Crippen molar-refractivity contribution < 1.29 is 18.4 Å². The summed E-state index contributed by atoms with van der Waals surface area (Å²) in [5, 5.41) is 5.70. The molecule has 1 fully saturated rings. The van der Waals surface area contributed by atoms with Crippen LogP contribution in [-0.4, -0.2) is 16.1 Å². The van der Waals surface area contributed by atoms with Crippen LogP contribution in [0.15, 0.2) is 54.6 Å². The van der Waals surface area contributed by atoms with Gasteiger partial charge in [-0.1, -0.05) is 40.9 Å². The van der Waals surface area contributed by atoms with Crippen LogP contribution in [0.2, 0.25) is 15.1 Å². The van der Waals surface area contributed by atoms with Gasteiger partial charge in [0.2, 0.25) is 5.91 Å². The zero-order valence-electron chi connectivity index (χ0n) is 16.8. The van der Waals surface area contributed by atoms with E-state index in [1.165, 1.54) is 18.2 Å². The van der Waals surface area contributed by atoms with Crippen LogP contribution in [0.5, 0.6) is 0 Å². The summed E-state index contributed by atoms with van der Waals surface area (Å²) in [5.74, 6) is -4.30. The number of benzene rings is 3. The van der Waals surface area contributed by atoms with Crippen LogP contribution in [0, 0.1) is 17.6 Å². The van der Waals surface area contributed by atoms with Crippen LogP contribution in [0.25, 0.3) is 0 Å². The molecule has 2 amide bonds. The highest BCUT2D eigenvalue weighted by Gasteiger charge is 2.67. The van der Waals surface area contributed by atoms with Crippen molar-refractivity contribution in [3.05, 3.63) is 92.4 Å². The van der Waals surface area contributed by atoms with E-state index in [0.717, 1.165) is 12.1 Å². The number of hydrogen-bond donors (Lipinski definition) is 2. The van der Waals surface area contributed by atoms with Gasteiger partial charge in [-0.2, -0.15) is 0 Å². The predicted octanol–water partition coefficient (Wildman–Crippen LogP) is 7.70. The van der Waals surface area contributed by atoms with Crippen LogP contribution in [-0.2, 0) is 4.79 Å². The molecular formula is C23H13Cl5F2N2O2. The number of nitrogens with one attached hydrogen (secondary N) is 2. The summed E-state index contributed by atoms with van der Waals surface area (Å²) in [7, 11) is 0. The van der Waals surface area contributed by atoms with Crippen LogP contribution in [0.4, 0.5) is 20.2 Å². The Morgan fingerprint density at radius 3 is 2.21 bits per heavy atom. The van der Waals surface area contributed by atoms with Crippen molar-refractivity contribution in [3.8, 4) is 0 Å². The Hall–Kier alpha value is -2.09. The molecule has 3 aromatic carbocycles. The van der Waals surface area contributed by atoms with Gasteiger partial charge >= 0.3 is 0 Å². The van der Waals surface area contributed by atoms with Gasteiger partial charge in [0.1, 0.15) is 16.0 Å². The van der Waals surface area contributed by atoms with Gasteiger partial charge in [-0.15, -0.1) is 23.2 Å². The Kier molecular flexibility index (Phi) is 7.00. The minimum Gasteiger partial charge on any atom is -0.326 e. The second-order valence-electron chi connectivity index (χ2n) is 7.57. The van der Waals surface area contributed by atoms with E-state index in [9.17, 15) is 18.4 Å². The molecule has 0 aliphatic heterocycles. The van der Waals surface area contributed by atoms with E-state index in [1.807, 2.05) is 0 Å². The number of anilines is 2. The molecule has 11 heteroatoms. The highest BCUT2D eigenvalue weighted by Crippen LogP contribution is 2.65. The lowest BCUT2D eigenvalue weighted by Gasteiger charge is -2.11. The number of carbonyl (C=O) groups is 2. The normalized spacial score (nSPS) is 18.3. The lowest BCUT2D eigenvalue weighted by molar-refractivity contribution is -0.117. The van der Waals surface area contributed by atoms with Crippen LogP contribution < -0.4 is 10.6 Å². The molecule has 0 aromatic heterocycles. The third kappa shape index (κ3) is 4.97. The van der Waals surface area contributed by atoms with Crippen molar-refractivity contribution in [3.63, 3.8) is 0 Å². The summed E-state index contributed by atoms with van der Waals surface area (Å²) in [5.41, 5.74) is 0.622. The summed E-state index contributed by atoms with van der Waals surface area (Å²) in [4.78, 5) is 25.5. The number of carbonyl (C=O) groups excluding carboxylic acids is 2. The van der Waals surface area contributed by atoms with E-state index in [2.05, 4.69) is 10.6 Å². The number of halogens is 7. The molecule has 2 atom stereocenters. The highest BCUT2D eigenvalue weighted by atomic mass is 35.5. The van der Waals surface area contributed by atoms with E-state index in [-0.39, 0.29) is 22.0 Å². The summed E-state index contributed by atoms with van der Waals surface area (Å²) >= 11 is 30.9. The highest BCUT2D eigenvalue weighted by molar-refractivity contribution is 6.53. The monoisotopic (exact) mass is 562 g/mol. The maximum absolute atomic E-state index is 13.9. The lowest BCUT2D eigenvalue weighted by atomic mass is 10.1. The minimum absolute atomic E-state index is 0.0389. The number of alkyl halides is 2. The molecule has 0 saturated heterocycles. The molecule has 0 unspecified atom stereocenters. The lowest BCUT2D eigenvalue weighted by Crippen LogP contribution is -2.18. The first-order chi connectivity index (χ1) is 16.0. The zero-order chi connectivity index (χ0) is 24.8. The first-order valence-electron chi connectivity index (χ1n) is 9.68. The molecule has 3 aromatic rings. The summed E-state index contributed by atoms with van der Waals surface area (Å²) in [6, 6.07) is 11.8. The number of amides is 2. The Balaban J connectivity index is 1.51. The van der Waals surface area contributed by atoms with Gasteiger partial charge in [-0.25, -0.2) is 8.78 Å². The maximum Gasteiger partial charge on any atom is 0.257 e. The minimum atomic E-state index is -1.37. The van der Waals surface area contributed by atoms with Gasteiger partial charge in [-0.05, 0) is 48.0 Å². The van der Waals surface area contributed by atoms with Gasteiger partial charge in [0.05, 0.1) is 32.2 Å². The molecule has 4 nitrogen and oxygen atoms in total. The zero-order valence-corrected chi connectivity index (χ0v) is 20.6. The molecule has 0 heterocycles. The topological polar surface area (TPSA) is 58.2 Å². The molecule has 0 radical (unpaired) electrons. The molecule has 34 heavy (non-hydrogen) atoms. The molecular weight excluding hydrogens is 552 g/mol. The first-order valence-corrected chi connectivity index (χ1v) is 11.6. The average molecular weight is 565 g/mol. The Morgan fingerprint density at radius 1 is 0.824 bits per heavy atom. The van der Waals surface area contributed by atoms with Gasteiger partial charge in [0.25, 0.3) is 5.91 Å². The number of hydrogen-bond acceptors (Lipinski definition) is 2. The van der Waals surface area contributed by atoms with Crippen molar-refractivity contribution >= 4 is 81.2 Å². The quantitative estimate of drug-likeness (QED) is 0.312. The molecule has 4 rings (SSSR count). The fraction of sp³-hybridized carbons (Fsp3) is 0.130. The van der Waals surface area contributed by atoms with Crippen molar-refractivity contribution in [1.29, 1.82) is 0 Å². The van der Waals surface area contributed by atoms with Crippen molar-refractivity contribution in [2.75, 3.05) is 10.6 Å². The van der Waals surface area contributed by atoms with Crippen LogP contribution >= 0.6 is 58.0 Å². The average Bonchev–Trinajstić information content (AvgIpc) is 3.35. The maximum atomic E-state index is 13.9. The fourth-order valence-corrected chi connectivity index (χ4v) is 4.89. The third-order valence-corrected chi connectivity index (χ3v) is 7.31. The summed E-state index contributed by atoms with van der Waals surface area (Å²) in [6.45, 7) is 0. The Bertz CT molecular complexity index is 1320. The Morgan fingerprint density at radius 2 is 1.53 bits per heavy atom. The van der Waals surface area contributed by atoms with E-state index in [4.69, 9.17) is 58.0 Å². The van der Waals surface area contributed by atoms with E-state index < -0.39 is 39.6 Å². The molecule has 0 spiro atoms. The largest absolute Gasteiger partial charge is 0.326 e. The second-order valence-corrected chi connectivity index (χ2v) is 10.2. The van der Waals surface area contributed by atoms with Crippen LogP contribution in [0.3, 0.4) is 0 Å². The molecule has 1 aliphatic rings. The van der Waals surface area contributed by atoms with Gasteiger partial charge in [-0.3, -0.25) is 9.59 Å². The predicted molar refractivity (Wildman–Crippen MR) is 132 cm³/mol. The van der Waals surface area contributed by atoms with E-state index in [1.54, 1.807) is 18.2 Å². The Labute approximate surface area is 218 Å². The second kappa shape index (κ2) is 9.51. The molecule has 176 valence electrons.